The first-order valence-electron chi connectivity index (χ1n) is 5.08. The Balaban J connectivity index is 2.48. The maximum absolute atomic E-state index is 11.8. The monoisotopic (exact) mass is 226 g/mol. The highest BCUT2D eigenvalue weighted by Gasteiger charge is 2.23. The fraction of sp³-hybridized carbons (Fsp3) is 0.700. The van der Waals surface area contributed by atoms with Crippen LogP contribution in [0.25, 0.3) is 0 Å². The minimum atomic E-state index is -0.438. The Kier molecular flexibility index (Phi) is 4.00. The van der Waals surface area contributed by atoms with Crippen LogP contribution in [-0.4, -0.2) is 45.7 Å². The Labute approximate surface area is 95.0 Å². The van der Waals surface area contributed by atoms with Gasteiger partial charge in [-0.1, -0.05) is 0 Å². The molecule has 1 aromatic rings. The van der Waals surface area contributed by atoms with Crippen molar-refractivity contribution in [3.8, 4) is 0 Å². The topological polar surface area (TPSA) is 71.1 Å². The normalized spacial score (nSPS) is 11.5. The summed E-state index contributed by atoms with van der Waals surface area (Å²) < 4.78 is 5.21. The molecule has 0 atom stereocenters. The van der Waals surface area contributed by atoms with Gasteiger partial charge in [0.1, 0.15) is 12.2 Å². The Morgan fingerprint density at radius 2 is 2.31 bits per heavy atom. The lowest BCUT2D eigenvalue weighted by Gasteiger charge is -2.25. The smallest absolute Gasteiger partial charge is 0.225 e. The molecule has 16 heavy (non-hydrogen) atoms. The largest absolute Gasteiger partial charge is 0.378 e. The Morgan fingerprint density at radius 1 is 1.62 bits per heavy atom. The Bertz CT molecular complexity index is 335. The van der Waals surface area contributed by atoms with Crippen LogP contribution >= 0.6 is 0 Å². The third-order valence-corrected chi connectivity index (χ3v) is 2.41. The van der Waals surface area contributed by atoms with Gasteiger partial charge in [-0.3, -0.25) is 9.89 Å². The van der Waals surface area contributed by atoms with Crippen LogP contribution in [0, 0.1) is 0 Å². The first kappa shape index (κ1) is 12.6. The van der Waals surface area contributed by atoms with E-state index in [9.17, 15) is 4.79 Å². The zero-order chi connectivity index (χ0) is 12.2. The second-order valence-electron chi connectivity index (χ2n) is 4.32. The van der Waals surface area contributed by atoms with E-state index in [-0.39, 0.29) is 5.91 Å². The van der Waals surface area contributed by atoms with Gasteiger partial charge in [0.2, 0.25) is 5.91 Å². The number of rotatable bonds is 5. The minimum absolute atomic E-state index is 0.0169. The average molecular weight is 226 g/mol. The van der Waals surface area contributed by atoms with Crippen molar-refractivity contribution in [2.45, 2.75) is 32.4 Å². The molecule has 0 unspecified atom stereocenters. The van der Waals surface area contributed by atoms with Crippen molar-refractivity contribution < 1.29 is 9.53 Å². The van der Waals surface area contributed by atoms with E-state index < -0.39 is 5.60 Å². The summed E-state index contributed by atoms with van der Waals surface area (Å²) in [6.45, 7) is 4.19. The molecule has 0 bridgehead atoms. The number of H-pyrrole nitrogens is 1. The maximum Gasteiger partial charge on any atom is 0.225 e. The summed E-state index contributed by atoms with van der Waals surface area (Å²) in [6.07, 6.45) is 1.76. The molecule has 0 aromatic carbocycles. The lowest BCUT2D eigenvalue weighted by Crippen LogP contribution is -2.35. The summed E-state index contributed by atoms with van der Waals surface area (Å²) in [4.78, 5) is 17.4. The lowest BCUT2D eigenvalue weighted by atomic mass is 10.0. The van der Waals surface area contributed by atoms with Crippen LogP contribution in [0.1, 0.15) is 26.1 Å². The molecule has 0 aliphatic heterocycles. The first-order chi connectivity index (χ1) is 7.44. The predicted molar refractivity (Wildman–Crippen MR) is 58.6 cm³/mol. The minimum Gasteiger partial charge on any atom is -0.378 e. The summed E-state index contributed by atoms with van der Waals surface area (Å²) in [5.74, 6) is 0.689. The van der Waals surface area contributed by atoms with E-state index in [1.165, 1.54) is 6.33 Å². The van der Waals surface area contributed by atoms with Crippen molar-refractivity contribution >= 4 is 5.91 Å². The highest BCUT2D eigenvalue weighted by Crippen LogP contribution is 2.14. The summed E-state index contributed by atoms with van der Waals surface area (Å²) in [7, 11) is 3.33. The van der Waals surface area contributed by atoms with Gasteiger partial charge < -0.3 is 9.64 Å². The molecule has 0 spiro atoms. The van der Waals surface area contributed by atoms with Crippen molar-refractivity contribution in [1.82, 2.24) is 20.1 Å². The Morgan fingerprint density at radius 3 is 2.81 bits per heavy atom. The molecule has 0 fully saturated rings. The van der Waals surface area contributed by atoms with Crippen LogP contribution < -0.4 is 0 Å². The number of nitrogens with one attached hydrogen (secondary N) is 1. The van der Waals surface area contributed by atoms with E-state index >= 15 is 0 Å². The van der Waals surface area contributed by atoms with Crippen molar-refractivity contribution in [3.63, 3.8) is 0 Å². The highest BCUT2D eigenvalue weighted by molar-refractivity contribution is 5.76. The highest BCUT2D eigenvalue weighted by atomic mass is 16.5. The zero-order valence-electron chi connectivity index (χ0n) is 10.1. The molecule has 6 nitrogen and oxygen atoms in total. The maximum atomic E-state index is 11.8. The molecule has 6 heteroatoms. The number of hydrogen-bond acceptors (Lipinski definition) is 4. The average Bonchev–Trinajstić information content (AvgIpc) is 2.69. The van der Waals surface area contributed by atoms with Gasteiger partial charge in [-0.2, -0.15) is 5.10 Å². The third-order valence-electron chi connectivity index (χ3n) is 2.41. The van der Waals surface area contributed by atoms with Crippen LogP contribution in [0.2, 0.25) is 0 Å². The van der Waals surface area contributed by atoms with Gasteiger partial charge in [0.05, 0.1) is 18.6 Å². The van der Waals surface area contributed by atoms with Crippen molar-refractivity contribution in [3.05, 3.63) is 12.2 Å². The molecule has 0 saturated heterocycles. The number of ether oxygens (including phenoxy) is 1. The van der Waals surface area contributed by atoms with E-state index in [1.54, 1.807) is 19.1 Å². The fourth-order valence-electron chi connectivity index (χ4n) is 1.19. The molecule has 1 aromatic heterocycles. The van der Waals surface area contributed by atoms with Gasteiger partial charge in [0.25, 0.3) is 0 Å². The summed E-state index contributed by atoms with van der Waals surface area (Å²) in [5.41, 5.74) is -0.438. The molecule has 0 aliphatic carbocycles. The number of methoxy groups -OCH3 is 1. The van der Waals surface area contributed by atoms with Crippen molar-refractivity contribution in [2.24, 2.45) is 0 Å². The van der Waals surface area contributed by atoms with E-state index in [2.05, 4.69) is 15.2 Å². The summed E-state index contributed by atoms with van der Waals surface area (Å²) in [6, 6.07) is 0. The standard InChI is InChI=1S/C10H18N4O2/c1-10(2,16-4)5-9(15)14(3)6-8-11-7-12-13-8/h7H,5-6H2,1-4H3,(H,11,12,13). The molecule has 0 aliphatic rings. The van der Waals surface area contributed by atoms with E-state index in [0.717, 1.165) is 0 Å². The van der Waals surface area contributed by atoms with E-state index in [0.29, 0.717) is 18.8 Å². The van der Waals surface area contributed by atoms with Crippen LogP contribution in [0.15, 0.2) is 6.33 Å². The molecule has 1 amide bonds. The number of aromatic nitrogens is 3. The molecule has 1 rings (SSSR count). The molecule has 1 N–H and O–H groups in total. The third kappa shape index (κ3) is 3.62. The van der Waals surface area contributed by atoms with Gasteiger partial charge >= 0.3 is 0 Å². The number of nitrogens with zero attached hydrogens (tertiary/aromatic N) is 3. The predicted octanol–water partition coefficient (Wildman–Crippen LogP) is 0.578. The molecular formula is C10H18N4O2. The van der Waals surface area contributed by atoms with Gasteiger partial charge in [-0.15, -0.1) is 0 Å². The van der Waals surface area contributed by atoms with Gasteiger partial charge in [-0.05, 0) is 13.8 Å². The lowest BCUT2D eigenvalue weighted by molar-refractivity contribution is -0.135. The number of amides is 1. The van der Waals surface area contributed by atoms with Crippen LogP contribution in [-0.2, 0) is 16.1 Å². The molecule has 1 heterocycles. The SMILES string of the molecule is COC(C)(C)CC(=O)N(C)Cc1ncn[nH]1. The summed E-state index contributed by atoms with van der Waals surface area (Å²) >= 11 is 0. The van der Waals surface area contributed by atoms with Gasteiger partial charge in [-0.25, -0.2) is 4.98 Å². The molecule has 0 radical (unpaired) electrons. The number of hydrogen-bond donors (Lipinski definition) is 1. The Hall–Kier alpha value is -1.43. The van der Waals surface area contributed by atoms with E-state index in [4.69, 9.17) is 4.74 Å². The van der Waals surface area contributed by atoms with Crippen LogP contribution in [0.3, 0.4) is 0 Å². The van der Waals surface area contributed by atoms with Gasteiger partial charge in [0.15, 0.2) is 0 Å². The number of carbonyl (C=O) groups excluding carboxylic acids is 1. The fourth-order valence-corrected chi connectivity index (χ4v) is 1.19. The quantitative estimate of drug-likeness (QED) is 0.797. The van der Waals surface area contributed by atoms with Crippen LogP contribution in [0.4, 0.5) is 0 Å². The number of aromatic amines is 1. The molecule has 0 saturated carbocycles. The molecule has 90 valence electrons. The van der Waals surface area contributed by atoms with Crippen molar-refractivity contribution in [1.29, 1.82) is 0 Å². The van der Waals surface area contributed by atoms with E-state index in [1.807, 2.05) is 13.8 Å². The van der Waals surface area contributed by atoms with Crippen LogP contribution in [0.5, 0.6) is 0 Å². The molecular weight excluding hydrogens is 208 g/mol. The second kappa shape index (κ2) is 5.07. The zero-order valence-corrected chi connectivity index (χ0v) is 10.1. The van der Waals surface area contributed by atoms with Crippen molar-refractivity contribution in [2.75, 3.05) is 14.2 Å². The summed E-state index contributed by atoms with van der Waals surface area (Å²) in [5, 5.41) is 6.44. The second-order valence-corrected chi connectivity index (χ2v) is 4.32. The van der Waals surface area contributed by atoms with Gasteiger partial charge in [0, 0.05) is 14.2 Å². The number of carbonyl (C=O) groups is 1. The first-order valence-corrected chi connectivity index (χ1v) is 5.08.